The molecule has 0 aromatic carbocycles. The average molecular weight is 314 g/mol. The molecule has 1 unspecified atom stereocenters. The van der Waals surface area contributed by atoms with E-state index in [9.17, 15) is 14.4 Å². The van der Waals surface area contributed by atoms with Crippen LogP contribution in [-0.4, -0.2) is 41.5 Å². The average Bonchev–Trinajstić information content (AvgIpc) is 3.04. The van der Waals surface area contributed by atoms with Crippen LogP contribution in [0.25, 0.3) is 0 Å². The Labute approximate surface area is 125 Å². The highest BCUT2D eigenvalue weighted by Gasteiger charge is 2.32. The lowest BCUT2D eigenvalue weighted by molar-refractivity contribution is -0.137. The van der Waals surface area contributed by atoms with E-state index in [0.717, 1.165) is 0 Å². The lowest BCUT2D eigenvalue weighted by Crippen LogP contribution is -2.25. The first-order valence-corrected chi connectivity index (χ1v) is 7.66. The van der Waals surface area contributed by atoms with Crippen molar-refractivity contribution in [1.29, 1.82) is 0 Å². The van der Waals surface area contributed by atoms with E-state index in [-0.39, 0.29) is 24.1 Å². The summed E-state index contributed by atoms with van der Waals surface area (Å²) in [5.41, 5.74) is 0.0190. The van der Waals surface area contributed by atoms with Gasteiger partial charge in [-0.2, -0.15) is 12.6 Å². The number of nitrogens with zero attached hydrogens (tertiary/aromatic N) is 2. The first-order chi connectivity index (χ1) is 9.56. The van der Waals surface area contributed by atoms with Crippen LogP contribution in [0.1, 0.15) is 23.8 Å². The third-order valence-electron chi connectivity index (χ3n) is 2.88. The molecule has 20 heavy (non-hydrogen) atoms. The molecule has 8 heteroatoms. The van der Waals surface area contributed by atoms with E-state index < -0.39 is 11.8 Å². The zero-order chi connectivity index (χ0) is 14.7. The molecular formula is C12H14N2O4S2. The van der Waals surface area contributed by atoms with Gasteiger partial charge in [-0.15, -0.1) is 11.3 Å². The summed E-state index contributed by atoms with van der Waals surface area (Å²) < 4.78 is 4.63. The van der Waals surface area contributed by atoms with Crippen molar-refractivity contribution in [2.75, 3.05) is 23.8 Å². The number of carbonyl (C=O) groups is 3. The van der Waals surface area contributed by atoms with E-state index in [4.69, 9.17) is 0 Å². The number of rotatable bonds is 5. The summed E-state index contributed by atoms with van der Waals surface area (Å²) in [6, 6.07) is 0. The van der Waals surface area contributed by atoms with E-state index in [1.54, 1.807) is 6.92 Å². The lowest BCUT2D eigenvalue weighted by Gasteiger charge is -2.11. The van der Waals surface area contributed by atoms with Gasteiger partial charge in [0.25, 0.3) is 5.78 Å². The summed E-state index contributed by atoms with van der Waals surface area (Å²) in [5.74, 6) is -0.924. The molecule has 1 atom stereocenters. The zero-order valence-electron chi connectivity index (χ0n) is 10.9. The molecule has 108 valence electrons. The summed E-state index contributed by atoms with van der Waals surface area (Å²) in [4.78, 5) is 40.5. The Bertz CT molecular complexity index is 543. The van der Waals surface area contributed by atoms with Crippen LogP contribution in [0.5, 0.6) is 0 Å². The number of ether oxygens (including phenoxy) is 1. The molecule has 1 fully saturated rings. The molecule has 0 N–H and O–H groups in total. The highest BCUT2D eigenvalue weighted by Crippen LogP contribution is 2.28. The summed E-state index contributed by atoms with van der Waals surface area (Å²) in [5, 5.41) is 1.91. The maximum atomic E-state index is 11.8. The maximum absolute atomic E-state index is 11.8. The minimum atomic E-state index is -0.926. The Hall–Kier alpha value is -1.41. The summed E-state index contributed by atoms with van der Waals surface area (Å²) in [7, 11) is 0. The number of thiol groups is 1. The van der Waals surface area contributed by atoms with Crippen LogP contribution in [0.2, 0.25) is 0 Å². The molecule has 0 radical (unpaired) electrons. The predicted molar refractivity (Wildman–Crippen MR) is 77.4 cm³/mol. The molecule has 2 rings (SSSR count). The van der Waals surface area contributed by atoms with Crippen molar-refractivity contribution in [3.05, 3.63) is 11.1 Å². The molecular weight excluding hydrogens is 300 g/mol. The quantitative estimate of drug-likeness (QED) is 0.382. The molecule has 0 spiro atoms. The monoisotopic (exact) mass is 314 g/mol. The summed E-state index contributed by atoms with van der Waals surface area (Å²) >= 11 is 5.35. The second-order valence-electron chi connectivity index (χ2n) is 4.32. The van der Waals surface area contributed by atoms with Gasteiger partial charge in [-0.25, -0.2) is 9.78 Å². The number of anilines is 1. The lowest BCUT2D eigenvalue weighted by atomic mass is 10.1. The Morgan fingerprint density at radius 3 is 2.95 bits per heavy atom. The third kappa shape index (κ3) is 3.01. The highest BCUT2D eigenvalue weighted by molar-refractivity contribution is 7.80. The van der Waals surface area contributed by atoms with Crippen LogP contribution in [0.3, 0.4) is 0 Å². The Morgan fingerprint density at radius 2 is 2.35 bits per heavy atom. The third-order valence-corrected chi connectivity index (χ3v) is 4.26. The molecule has 1 aliphatic rings. The largest absolute Gasteiger partial charge is 0.460 e. The molecule has 1 aromatic heterocycles. The molecule has 0 bridgehead atoms. The van der Waals surface area contributed by atoms with Crippen molar-refractivity contribution in [3.63, 3.8) is 0 Å². The van der Waals surface area contributed by atoms with Gasteiger partial charge in [-0.3, -0.25) is 14.5 Å². The van der Waals surface area contributed by atoms with E-state index in [1.165, 1.54) is 21.6 Å². The van der Waals surface area contributed by atoms with Crippen molar-refractivity contribution < 1.29 is 19.1 Å². The number of hydrogen-bond donors (Lipinski definition) is 1. The fourth-order valence-electron chi connectivity index (χ4n) is 1.88. The fraction of sp³-hybridized carbons (Fsp3) is 0.500. The van der Waals surface area contributed by atoms with Crippen molar-refractivity contribution in [1.82, 2.24) is 4.98 Å². The minimum Gasteiger partial charge on any atom is -0.460 e. The van der Waals surface area contributed by atoms with Gasteiger partial charge < -0.3 is 4.74 Å². The first-order valence-electron chi connectivity index (χ1n) is 6.15. The van der Waals surface area contributed by atoms with Crippen LogP contribution >= 0.6 is 24.0 Å². The van der Waals surface area contributed by atoms with Gasteiger partial charge in [0, 0.05) is 18.3 Å². The number of Topliss-reactive ketones (excluding diaryl/α,β-unsaturated/α-hetero) is 1. The minimum absolute atomic E-state index is 0.0190. The van der Waals surface area contributed by atoms with E-state index in [1.807, 2.05) is 0 Å². The van der Waals surface area contributed by atoms with Crippen molar-refractivity contribution in [2.24, 2.45) is 5.92 Å². The van der Waals surface area contributed by atoms with E-state index in [2.05, 4.69) is 22.3 Å². The fourth-order valence-corrected chi connectivity index (χ4v) is 2.96. The smallest absolute Gasteiger partial charge is 0.381 e. The maximum Gasteiger partial charge on any atom is 0.381 e. The van der Waals surface area contributed by atoms with Crippen LogP contribution in [0.15, 0.2) is 5.38 Å². The van der Waals surface area contributed by atoms with Crippen molar-refractivity contribution >= 4 is 46.8 Å². The first kappa shape index (κ1) is 15.0. The number of ketones is 1. The normalized spacial score (nSPS) is 18.4. The van der Waals surface area contributed by atoms with Crippen LogP contribution in [0, 0.1) is 5.92 Å². The predicted octanol–water partition coefficient (Wildman–Crippen LogP) is 1.17. The van der Waals surface area contributed by atoms with Gasteiger partial charge in [0.05, 0.1) is 6.61 Å². The molecule has 1 aromatic rings. The summed E-state index contributed by atoms with van der Waals surface area (Å²) in [6.07, 6.45) is 0.435. The topological polar surface area (TPSA) is 76.6 Å². The van der Waals surface area contributed by atoms with Crippen LogP contribution in [-0.2, 0) is 14.3 Å². The molecule has 2 heterocycles. The Kier molecular flexibility index (Phi) is 4.77. The molecule has 1 amide bonds. The molecule has 1 saturated heterocycles. The molecule has 1 aliphatic heterocycles. The number of thiazole rings is 1. The number of amides is 1. The number of esters is 1. The Morgan fingerprint density at radius 1 is 1.60 bits per heavy atom. The zero-order valence-corrected chi connectivity index (χ0v) is 12.6. The van der Waals surface area contributed by atoms with Crippen LogP contribution < -0.4 is 4.90 Å². The molecule has 0 aliphatic carbocycles. The standard InChI is InChI=1S/C12H14N2O4S2/c1-2-18-11(17)10(16)8-6-20-12(13-8)14-4-7(5-19)3-9(14)15/h6-7,19H,2-5H2,1H3. The van der Waals surface area contributed by atoms with Gasteiger partial charge in [0.1, 0.15) is 5.69 Å². The SMILES string of the molecule is CCOC(=O)C(=O)c1csc(N2CC(CS)CC2=O)n1. The number of hydrogen-bond acceptors (Lipinski definition) is 7. The van der Waals surface area contributed by atoms with Gasteiger partial charge in [0.15, 0.2) is 5.13 Å². The Balaban J connectivity index is 2.11. The molecule has 6 nitrogen and oxygen atoms in total. The second kappa shape index (κ2) is 6.36. The van der Waals surface area contributed by atoms with E-state index in [0.29, 0.717) is 23.8 Å². The number of aromatic nitrogens is 1. The van der Waals surface area contributed by atoms with Crippen LogP contribution in [0.4, 0.5) is 5.13 Å². The van der Waals surface area contributed by atoms with Crippen molar-refractivity contribution in [3.8, 4) is 0 Å². The summed E-state index contributed by atoms with van der Waals surface area (Å²) in [6.45, 7) is 2.30. The highest BCUT2D eigenvalue weighted by atomic mass is 32.1. The van der Waals surface area contributed by atoms with Gasteiger partial charge in [-0.1, -0.05) is 0 Å². The van der Waals surface area contributed by atoms with Gasteiger partial charge >= 0.3 is 5.97 Å². The van der Waals surface area contributed by atoms with Crippen molar-refractivity contribution in [2.45, 2.75) is 13.3 Å². The number of carbonyl (C=O) groups excluding carboxylic acids is 3. The van der Waals surface area contributed by atoms with Gasteiger partial charge in [0.2, 0.25) is 5.91 Å². The second-order valence-corrected chi connectivity index (χ2v) is 5.52. The van der Waals surface area contributed by atoms with Gasteiger partial charge in [-0.05, 0) is 18.6 Å². The van der Waals surface area contributed by atoms with E-state index >= 15 is 0 Å². The molecule has 0 saturated carbocycles.